The molecule has 0 bridgehead atoms. The van der Waals surface area contributed by atoms with E-state index in [1.54, 1.807) is 12.1 Å². The van der Waals surface area contributed by atoms with Gasteiger partial charge < -0.3 is 14.6 Å². The highest BCUT2D eigenvalue weighted by Crippen LogP contribution is 2.37. The maximum absolute atomic E-state index is 11.3. The minimum atomic E-state index is -0.956. The number of aromatic hydroxyl groups is 1. The Morgan fingerprint density at radius 2 is 2.24 bits per heavy atom. The molecule has 21 heavy (non-hydrogen) atoms. The van der Waals surface area contributed by atoms with Gasteiger partial charge in [0.25, 0.3) is 0 Å². The van der Waals surface area contributed by atoms with Gasteiger partial charge in [-0.1, -0.05) is 12.1 Å². The van der Waals surface area contributed by atoms with Gasteiger partial charge in [-0.2, -0.15) is 0 Å². The van der Waals surface area contributed by atoms with E-state index in [1.807, 2.05) is 0 Å². The second-order valence-corrected chi connectivity index (χ2v) is 5.23. The number of methoxy groups -OCH3 is 1. The van der Waals surface area contributed by atoms with Crippen molar-refractivity contribution in [3.63, 3.8) is 0 Å². The lowest BCUT2D eigenvalue weighted by Crippen LogP contribution is -2.25. The Labute approximate surface area is 129 Å². The predicted octanol–water partition coefficient (Wildman–Crippen LogP) is 1.89. The van der Waals surface area contributed by atoms with Crippen molar-refractivity contribution in [2.45, 2.75) is 12.3 Å². The Morgan fingerprint density at radius 3 is 2.76 bits per heavy atom. The van der Waals surface area contributed by atoms with Crippen LogP contribution < -0.4 is 0 Å². The second-order valence-electron chi connectivity index (χ2n) is 4.38. The van der Waals surface area contributed by atoms with Crippen LogP contribution in [0.25, 0.3) is 0 Å². The number of ether oxygens (including phenoxy) is 1. The molecule has 8 heteroatoms. The Bertz CT molecular complexity index is 547. The van der Waals surface area contributed by atoms with Crippen LogP contribution in [0.1, 0.15) is 17.9 Å². The number of carbonyl (C=O) groups is 2. The van der Waals surface area contributed by atoms with Crippen LogP contribution in [-0.4, -0.2) is 35.9 Å². The quantitative estimate of drug-likeness (QED) is 0.344. The van der Waals surface area contributed by atoms with Crippen LogP contribution in [0, 0.1) is 16.0 Å². The molecule has 1 aromatic rings. The smallest absolute Gasteiger partial charge is 0.306 e. The average molecular weight is 360 g/mol. The summed E-state index contributed by atoms with van der Waals surface area (Å²) < 4.78 is 4.85. The molecule has 0 saturated heterocycles. The lowest BCUT2D eigenvalue weighted by molar-refractivity contribution is -0.484. The summed E-state index contributed by atoms with van der Waals surface area (Å²) >= 11 is 3.12. The second kappa shape index (κ2) is 7.72. The third kappa shape index (κ3) is 4.52. The van der Waals surface area contributed by atoms with E-state index < -0.39 is 29.3 Å². The fraction of sp³-hybridized carbons (Fsp3) is 0.385. The highest BCUT2D eigenvalue weighted by molar-refractivity contribution is 9.10. The van der Waals surface area contributed by atoms with Gasteiger partial charge in [-0.15, -0.1) is 0 Å². The first-order valence-corrected chi connectivity index (χ1v) is 6.81. The molecular formula is C13H14BrNO6. The monoisotopic (exact) mass is 359 g/mol. The molecular weight excluding hydrogens is 346 g/mol. The van der Waals surface area contributed by atoms with Gasteiger partial charge in [0.1, 0.15) is 12.0 Å². The molecule has 1 rings (SSSR count). The number of phenolic OH excluding ortho intramolecular Hbond substituents is 1. The van der Waals surface area contributed by atoms with E-state index in [9.17, 15) is 24.8 Å². The largest absolute Gasteiger partial charge is 0.506 e. The van der Waals surface area contributed by atoms with E-state index in [-0.39, 0.29) is 17.7 Å². The van der Waals surface area contributed by atoms with Gasteiger partial charge in [0.15, 0.2) is 0 Å². The summed E-state index contributed by atoms with van der Waals surface area (Å²) in [5, 5.41) is 20.9. The number of hydrogen-bond acceptors (Lipinski definition) is 6. The van der Waals surface area contributed by atoms with Gasteiger partial charge in [-0.25, -0.2) is 0 Å². The van der Waals surface area contributed by atoms with E-state index in [0.29, 0.717) is 10.8 Å². The number of nitrogens with zero attached hydrogens (tertiary/aromatic N) is 1. The van der Waals surface area contributed by atoms with Gasteiger partial charge in [0, 0.05) is 16.4 Å². The summed E-state index contributed by atoms with van der Waals surface area (Å²) in [5.74, 6) is -2.70. The molecule has 0 amide bonds. The molecule has 2 unspecified atom stereocenters. The molecule has 0 aromatic heterocycles. The molecule has 1 aromatic carbocycles. The maximum Gasteiger partial charge on any atom is 0.306 e. The number of carbonyl (C=O) groups excluding carboxylic acids is 2. The number of hydrogen-bond donors (Lipinski definition) is 1. The maximum atomic E-state index is 11.3. The van der Waals surface area contributed by atoms with Crippen LogP contribution >= 0.6 is 15.9 Å². The summed E-state index contributed by atoms with van der Waals surface area (Å²) in [7, 11) is 1.17. The highest BCUT2D eigenvalue weighted by Gasteiger charge is 2.32. The Hall–Kier alpha value is -1.96. The summed E-state index contributed by atoms with van der Waals surface area (Å²) in [6.45, 7) is -0.579. The van der Waals surface area contributed by atoms with Crippen LogP contribution in [0.3, 0.4) is 0 Å². The van der Waals surface area contributed by atoms with Gasteiger partial charge in [0.2, 0.25) is 6.54 Å². The lowest BCUT2D eigenvalue weighted by atomic mass is 9.84. The van der Waals surface area contributed by atoms with E-state index in [2.05, 4.69) is 20.7 Å². The van der Waals surface area contributed by atoms with Crippen molar-refractivity contribution < 1.29 is 24.4 Å². The summed E-state index contributed by atoms with van der Waals surface area (Å²) in [6.07, 6.45) is 0.190. The fourth-order valence-electron chi connectivity index (χ4n) is 2.02. The van der Waals surface area contributed by atoms with E-state index in [4.69, 9.17) is 0 Å². The van der Waals surface area contributed by atoms with Crippen LogP contribution in [0.5, 0.6) is 5.75 Å². The van der Waals surface area contributed by atoms with Crippen molar-refractivity contribution in [2.75, 3.05) is 13.7 Å². The van der Waals surface area contributed by atoms with Gasteiger partial charge in [-0.05, 0) is 22.0 Å². The van der Waals surface area contributed by atoms with E-state index >= 15 is 0 Å². The van der Waals surface area contributed by atoms with Crippen molar-refractivity contribution in [3.05, 3.63) is 38.3 Å². The number of halogens is 1. The number of rotatable bonds is 7. The van der Waals surface area contributed by atoms with Crippen molar-refractivity contribution >= 4 is 28.2 Å². The third-order valence-electron chi connectivity index (χ3n) is 3.08. The number of esters is 1. The Balaban J connectivity index is 3.20. The number of para-hydroxylation sites is 1. The van der Waals surface area contributed by atoms with Crippen LogP contribution in [-0.2, 0) is 14.3 Å². The predicted molar refractivity (Wildman–Crippen MR) is 76.6 cm³/mol. The molecule has 0 radical (unpaired) electrons. The summed E-state index contributed by atoms with van der Waals surface area (Å²) in [6, 6.07) is 4.65. The van der Waals surface area contributed by atoms with Crippen LogP contribution in [0.2, 0.25) is 0 Å². The topological polar surface area (TPSA) is 107 Å². The number of phenols is 1. The minimum Gasteiger partial charge on any atom is -0.506 e. The van der Waals surface area contributed by atoms with Crippen molar-refractivity contribution in [3.8, 4) is 5.75 Å². The molecule has 0 fully saturated rings. The minimum absolute atomic E-state index is 0.180. The number of aldehydes is 1. The van der Waals surface area contributed by atoms with Crippen molar-refractivity contribution in [1.82, 2.24) is 0 Å². The fourth-order valence-corrected chi connectivity index (χ4v) is 2.40. The zero-order valence-electron chi connectivity index (χ0n) is 11.2. The van der Waals surface area contributed by atoms with Crippen molar-refractivity contribution in [1.29, 1.82) is 0 Å². The molecule has 7 nitrogen and oxygen atoms in total. The summed E-state index contributed by atoms with van der Waals surface area (Å²) in [4.78, 5) is 32.8. The first kappa shape index (κ1) is 17.1. The normalized spacial score (nSPS) is 13.2. The first-order chi connectivity index (χ1) is 9.90. The van der Waals surface area contributed by atoms with E-state index in [1.165, 1.54) is 13.2 Å². The zero-order chi connectivity index (χ0) is 16.0. The molecule has 0 aliphatic carbocycles. The molecule has 0 spiro atoms. The van der Waals surface area contributed by atoms with Gasteiger partial charge in [-0.3, -0.25) is 14.9 Å². The van der Waals surface area contributed by atoms with Crippen LogP contribution in [0.15, 0.2) is 22.7 Å². The third-order valence-corrected chi connectivity index (χ3v) is 3.72. The van der Waals surface area contributed by atoms with Gasteiger partial charge in [0.05, 0.1) is 23.9 Å². The zero-order valence-corrected chi connectivity index (χ0v) is 12.8. The molecule has 2 atom stereocenters. The molecule has 0 saturated carbocycles. The first-order valence-electron chi connectivity index (χ1n) is 6.02. The van der Waals surface area contributed by atoms with E-state index in [0.717, 1.165) is 0 Å². The summed E-state index contributed by atoms with van der Waals surface area (Å²) in [5.41, 5.74) is 0.238. The molecule has 114 valence electrons. The molecule has 0 aliphatic rings. The Morgan fingerprint density at radius 1 is 1.57 bits per heavy atom. The Kier molecular flexibility index (Phi) is 6.29. The lowest BCUT2D eigenvalue weighted by Gasteiger charge is -2.20. The van der Waals surface area contributed by atoms with Crippen molar-refractivity contribution in [2.24, 2.45) is 5.92 Å². The highest BCUT2D eigenvalue weighted by atomic mass is 79.9. The molecule has 0 heterocycles. The standard InChI is InChI=1S/C13H14BrNO6/c1-21-12(17)5-8(7-16)10(6-15(19)20)9-3-2-4-11(14)13(9)18/h2-4,7-8,10,18H,5-6H2,1H3. The number of benzene rings is 1. The molecule has 1 N–H and O–H groups in total. The average Bonchev–Trinajstić information content (AvgIpc) is 2.45. The number of nitro groups is 1. The SMILES string of the molecule is COC(=O)CC(C=O)C(C[N+](=O)[O-])c1cccc(Br)c1O. The molecule has 0 aliphatic heterocycles. The van der Waals surface area contributed by atoms with Gasteiger partial charge >= 0.3 is 5.97 Å². The van der Waals surface area contributed by atoms with Crippen LogP contribution in [0.4, 0.5) is 0 Å².